The largest absolute Gasteiger partial charge is 0.383 e. The number of nitrogens with one attached hydrogen (secondary N) is 1. The molecule has 0 aliphatic rings. The molecule has 0 heterocycles. The lowest BCUT2D eigenvalue weighted by Crippen LogP contribution is -2.35. The number of nitrogens with two attached hydrogens (primary N) is 2. The predicted octanol–water partition coefficient (Wildman–Crippen LogP) is -0.991. The maximum atomic E-state index is 10.7. The lowest BCUT2D eigenvalue weighted by molar-refractivity contribution is 0.162. The Morgan fingerprint density at radius 1 is 1.38 bits per heavy atom. The highest BCUT2D eigenvalue weighted by Gasteiger charge is 2.07. The number of rotatable bonds is 10. The van der Waals surface area contributed by atoms with Gasteiger partial charge in [0, 0.05) is 13.2 Å². The molecule has 0 fully saturated rings. The molecule has 0 aromatic heterocycles. The van der Waals surface area contributed by atoms with Crippen molar-refractivity contribution in [3.05, 3.63) is 0 Å². The van der Waals surface area contributed by atoms with E-state index in [1.165, 1.54) is 0 Å². The van der Waals surface area contributed by atoms with Gasteiger partial charge in [-0.3, -0.25) is 0 Å². The van der Waals surface area contributed by atoms with E-state index in [1.807, 2.05) is 0 Å². The fourth-order valence-electron chi connectivity index (χ4n) is 1.39. The van der Waals surface area contributed by atoms with E-state index < -0.39 is 10.0 Å². The van der Waals surface area contributed by atoms with Gasteiger partial charge in [0.05, 0.1) is 12.4 Å². The van der Waals surface area contributed by atoms with E-state index in [2.05, 4.69) is 5.32 Å². The van der Waals surface area contributed by atoms with Crippen LogP contribution in [0.5, 0.6) is 0 Å². The van der Waals surface area contributed by atoms with Crippen LogP contribution in [0.2, 0.25) is 0 Å². The third-order valence-electron chi connectivity index (χ3n) is 2.16. The summed E-state index contributed by atoms with van der Waals surface area (Å²) < 4.78 is 26.4. The van der Waals surface area contributed by atoms with Gasteiger partial charge in [-0.25, -0.2) is 13.6 Å². The lowest BCUT2D eigenvalue weighted by Gasteiger charge is -2.17. The van der Waals surface area contributed by atoms with E-state index in [0.717, 1.165) is 12.8 Å². The zero-order valence-electron chi connectivity index (χ0n) is 9.81. The second kappa shape index (κ2) is 8.89. The van der Waals surface area contributed by atoms with Gasteiger partial charge in [0.2, 0.25) is 10.0 Å². The van der Waals surface area contributed by atoms with Gasteiger partial charge in [-0.1, -0.05) is 0 Å². The van der Waals surface area contributed by atoms with E-state index in [1.54, 1.807) is 7.11 Å². The number of hydrogen-bond donors (Lipinski definition) is 3. The van der Waals surface area contributed by atoms with E-state index in [-0.39, 0.29) is 11.8 Å². The monoisotopic (exact) mass is 253 g/mol. The van der Waals surface area contributed by atoms with Gasteiger partial charge < -0.3 is 15.8 Å². The van der Waals surface area contributed by atoms with Crippen LogP contribution in [-0.4, -0.2) is 47.0 Å². The van der Waals surface area contributed by atoms with E-state index in [9.17, 15) is 8.42 Å². The Kier molecular flexibility index (Phi) is 8.77. The van der Waals surface area contributed by atoms with Crippen molar-refractivity contribution >= 4 is 10.0 Å². The van der Waals surface area contributed by atoms with Crippen LogP contribution < -0.4 is 16.2 Å². The highest BCUT2D eigenvalue weighted by Crippen LogP contribution is 1.97. The lowest BCUT2D eigenvalue weighted by atomic mass is 10.1. The second-order valence-electron chi connectivity index (χ2n) is 3.76. The second-order valence-corrected chi connectivity index (χ2v) is 5.49. The van der Waals surface area contributed by atoms with Crippen LogP contribution in [0.4, 0.5) is 0 Å². The van der Waals surface area contributed by atoms with Crippen molar-refractivity contribution in [3.8, 4) is 0 Å². The number of methoxy groups -OCH3 is 1. The molecule has 0 aromatic rings. The van der Waals surface area contributed by atoms with Crippen molar-refractivity contribution in [2.45, 2.75) is 25.3 Å². The van der Waals surface area contributed by atoms with Gasteiger partial charge in [-0.15, -0.1) is 0 Å². The van der Waals surface area contributed by atoms with E-state index >= 15 is 0 Å². The van der Waals surface area contributed by atoms with Crippen LogP contribution in [-0.2, 0) is 14.8 Å². The van der Waals surface area contributed by atoms with Gasteiger partial charge in [0.25, 0.3) is 0 Å². The first kappa shape index (κ1) is 15.8. The standard InChI is InChI=1S/C9H23N3O3S/c1-15-8-9(4-2-5-10)12-6-3-7-16(11,13)14/h9,12H,2-8,10H2,1H3,(H2,11,13,14). The summed E-state index contributed by atoms with van der Waals surface area (Å²) in [6.45, 7) is 1.88. The molecule has 1 unspecified atom stereocenters. The maximum Gasteiger partial charge on any atom is 0.209 e. The highest BCUT2D eigenvalue weighted by molar-refractivity contribution is 7.89. The van der Waals surface area contributed by atoms with Gasteiger partial charge in [0.15, 0.2) is 0 Å². The molecular formula is C9H23N3O3S. The Balaban J connectivity index is 3.66. The molecule has 0 rings (SSSR count). The van der Waals surface area contributed by atoms with Gasteiger partial charge in [0.1, 0.15) is 0 Å². The predicted molar refractivity (Wildman–Crippen MR) is 64.5 cm³/mol. The van der Waals surface area contributed by atoms with E-state index in [4.69, 9.17) is 15.6 Å². The smallest absolute Gasteiger partial charge is 0.209 e. The molecule has 16 heavy (non-hydrogen) atoms. The SMILES string of the molecule is COCC(CCCN)NCCCS(N)(=O)=O. The van der Waals surface area contributed by atoms with Crippen molar-refractivity contribution in [1.29, 1.82) is 0 Å². The molecule has 0 aliphatic heterocycles. The molecule has 98 valence electrons. The molecule has 0 aromatic carbocycles. The average Bonchev–Trinajstić information content (AvgIpc) is 2.19. The molecule has 0 spiro atoms. The summed E-state index contributed by atoms with van der Waals surface area (Å²) in [6.07, 6.45) is 2.37. The normalized spacial score (nSPS) is 13.9. The van der Waals surface area contributed by atoms with Gasteiger partial charge in [-0.05, 0) is 32.4 Å². The van der Waals surface area contributed by atoms with Crippen molar-refractivity contribution in [3.63, 3.8) is 0 Å². The molecule has 0 saturated heterocycles. The first-order valence-electron chi connectivity index (χ1n) is 5.42. The maximum absolute atomic E-state index is 10.7. The zero-order valence-corrected chi connectivity index (χ0v) is 10.6. The summed E-state index contributed by atoms with van der Waals surface area (Å²) >= 11 is 0. The van der Waals surface area contributed by atoms with Gasteiger partial charge >= 0.3 is 0 Å². The Bertz CT molecular complexity index is 257. The van der Waals surface area contributed by atoms with Crippen LogP contribution in [0.15, 0.2) is 0 Å². The molecule has 1 atom stereocenters. The Hall–Kier alpha value is -0.210. The first-order valence-corrected chi connectivity index (χ1v) is 7.14. The van der Waals surface area contributed by atoms with Crippen molar-refractivity contribution in [2.75, 3.05) is 32.6 Å². The molecule has 0 radical (unpaired) electrons. The third kappa shape index (κ3) is 10.3. The zero-order chi connectivity index (χ0) is 12.4. The molecule has 7 heteroatoms. The van der Waals surface area contributed by atoms with Gasteiger partial charge in [-0.2, -0.15) is 0 Å². The summed E-state index contributed by atoms with van der Waals surface area (Å²) in [4.78, 5) is 0. The molecular weight excluding hydrogens is 230 g/mol. The molecule has 0 bridgehead atoms. The number of primary sulfonamides is 1. The number of sulfonamides is 1. The number of hydrogen-bond acceptors (Lipinski definition) is 5. The topological polar surface area (TPSA) is 107 Å². The fraction of sp³-hybridized carbons (Fsp3) is 1.00. The van der Waals surface area contributed by atoms with E-state index in [0.29, 0.717) is 26.1 Å². The van der Waals surface area contributed by atoms with Crippen molar-refractivity contribution < 1.29 is 13.2 Å². The summed E-state index contributed by atoms with van der Waals surface area (Å²) in [5, 5.41) is 8.12. The van der Waals surface area contributed by atoms with Crippen molar-refractivity contribution in [2.24, 2.45) is 10.9 Å². The number of ether oxygens (including phenoxy) is 1. The summed E-state index contributed by atoms with van der Waals surface area (Å²) in [6, 6.07) is 0.231. The Labute approximate surface area is 97.8 Å². The summed E-state index contributed by atoms with van der Waals surface area (Å²) in [5.74, 6) is 0.0105. The Morgan fingerprint density at radius 3 is 2.56 bits per heavy atom. The molecule has 5 N–H and O–H groups in total. The quantitative estimate of drug-likeness (QED) is 0.433. The average molecular weight is 253 g/mol. The summed E-state index contributed by atoms with van der Waals surface area (Å²) in [5.41, 5.74) is 5.42. The third-order valence-corrected chi connectivity index (χ3v) is 3.02. The first-order chi connectivity index (χ1) is 7.49. The Morgan fingerprint density at radius 2 is 2.06 bits per heavy atom. The van der Waals surface area contributed by atoms with Crippen LogP contribution in [0, 0.1) is 0 Å². The van der Waals surface area contributed by atoms with Crippen LogP contribution >= 0.6 is 0 Å². The molecule has 0 saturated carbocycles. The fourth-order valence-corrected chi connectivity index (χ4v) is 1.94. The molecule has 6 nitrogen and oxygen atoms in total. The highest BCUT2D eigenvalue weighted by atomic mass is 32.2. The minimum atomic E-state index is -3.34. The van der Waals surface area contributed by atoms with Crippen LogP contribution in [0.1, 0.15) is 19.3 Å². The summed E-state index contributed by atoms with van der Waals surface area (Å²) in [7, 11) is -1.70. The minimum Gasteiger partial charge on any atom is -0.383 e. The van der Waals surface area contributed by atoms with Crippen molar-refractivity contribution in [1.82, 2.24) is 5.32 Å². The van der Waals surface area contributed by atoms with Crippen LogP contribution in [0.25, 0.3) is 0 Å². The molecule has 0 aliphatic carbocycles. The van der Waals surface area contributed by atoms with Crippen LogP contribution in [0.3, 0.4) is 0 Å². The molecule has 0 amide bonds. The minimum absolute atomic E-state index is 0.0105.